The number of hydrogen-bond donors (Lipinski definition) is 2. The molecule has 1 amide bonds. The predicted octanol–water partition coefficient (Wildman–Crippen LogP) is 5.95. The van der Waals surface area contributed by atoms with Crippen LogP contribution in [0, 0.1) is 6.92 Å². The normalized spacial score (nSPS) is 16.2. The number of nitrogens with one attached hydrogen (secondary N) is 2. The first-order valence-corrected chi connectivity index (χ1v) is 14.6. The minimum absolute atomic E-state index is 0.00342. The summed E-state index contributed by atoms with van der Waals surface area (Å²) >= 11 is 1.63. The first-order chi connectivity index (χ1) is 19.1. The molecule has 0 unspecified atom stereocenters. The molecule has 2 aliphatic rings. The Labute approximate surface area is 233 Å². The van der Waals surface area contributed by atoms with Crippen LogP contribution in [0.5, 0.6) is 0 Å². The second kappa shape index (κ2) is 11.2. The van der Waals surface area contributed by atoms with Gasteiger partial charge in [-0.05, 0) is 73.8 Å². The molecule has 1 aliphatic carbocycles. The summed E-state index contributed by atoms with van der Waals surface area (Å²) in [6, 6.07) is 14.8. The number of hydrogen-bond acceptors (Lipinski definition) is 7. The summed E-state index contributed by atoms with van der Waals surface area (Å²) in [5.74, 6) is 0.813. The first-order valence-electron chi connectivity index (χ1n) is 13.7. The topological polar surface area (TPSA) is 73.4 Å². The van der Waals surface area contributed by atoms with Crippen LogP contribution in [0.25, 0.3) is 22.4 Å². The lowest BCUT2D eigenvalue weighted by molar-refractivity contribution is 0.0951. The van der Waals surface area contributed by atoms with E-state index in [0.29, 0.717) is 11.6 Å². The number of aryl methyl sites for hydroxylation is 1. The van der Waals surface area contributed by atoms with Crippen molar-refractivity contribution in [3.8, 4) is 0 Å². The molecule has 0 atom stereocenters. The molecular formula is C31H34N6OS. The quantitative estimate of drug-likeness (QED) is 0.289. The van der Waals surface area contributed by atoms with E-state index in [0.717, 1.165) is 84.0 Å². The van der Waals surface area contributed by atoms with E-state index < -0.39 is 0 Å². The molecule has 2 fully saturated rings. The third kappa shape index (κ3) is 5.82. The highest BCUT2D eigenvalue weighted by Crippen LogP contribution is 2.32. The molecule has 2 aromatic carbocycles. The van der Waals surface area contributed by atoms with Crippen LogP contribution >= 0.6 is 11.3 Å². The molecule has 7 nitrogen and oxygen atoms in total. The lowest BCUT2D eigenvalue weighted by Gasteiger charge is -2.35. The number of aromatic nitrogens is 2. The largest absolute Gasteiger partial charge is 0.369 e. The lowest BCUT2D eigenvalue weighted by Crippen LogP contribution is -2.46. The van der Waals surface area contributed by atoms with Crippen LogP contribution in [0.2, 0.25) is 0 Å². The van der Waals surface area contributed by atoms with Crippen LogP contribution in [0.3, 0.4) is 0 Å². The average Bonchev–Trinajstić information content (AvgIpc) is 3.69. The van der Waals surface area contributed by atoms with Crippen molar-refractivity contribution >= 4 is 56.8 Å². The van der Waals surface area contributed by atoms with Crippen molar-refractivity contribution in [1.29, 1.82) is 0 Å². The maximum atomic E-state index is 12.5. The van der Waals surface area contributed by atoms with Gasteiger partial charge in [0.1, 0.15) is 6.33 Å². The standard InChI is InChI=1S/C31H34N6OS/c1-3-36-14-16-37(17-15-36)27-12-10-25(11-13-27)34-30-29-28(32-20-33-30)24(19-39-29)7-6-22-18-23(5-4-21(22)2)31(38)35-26-8-9-26/h4-7,10-13,18-20,26H,3,8-9,14-17H2,1-2H3,(H,35,38)(H,32,33,34). The van der Waals surface area contributed by atoms with Gasteiger partial charge in [-0.2, -0.15) is 0 Å². The van der Waals surface area contributed by atoms with Crippen molar-refractivity contribution < 1.29 is 4.79 Å². The SMILES string of the molecule is CCN1CCN(c2ccc(Nc3ncnc4c(C=Cc5cc(C(=O)NC6CC6)ccc5C)csc34)cc2)CC1. The van der Waals surface area contributed by atoms with Gasteiger partial charge in [-0.15, -0.1) is 11.3 Å². The van der Waals surface area contributed by atoms with Crippen LogP contribution in [-0.4, -0.2) is 59.5 Å². The van der Waals surface area contributed by atoms with Gasteiger partial charge in [0.25, 0.3) is 5.91 Å². The molecular weight excluding hydrogens is 504 g/mol. The van der Waals surface area contributed by atoms with Gasteiger partial charge in [-0.3, -0.25) is 4.79 Å². The highest BCUT2D eigenvalue weighted by atomic mass is 32.1. The number of carbonyl (C=O) groups excluding carboxylic acids is 1. The van der Waals surface area contributed by atoms with E-state index in [1.165, 1.54) is 5.69 Å². The van der Waals surface area contributed by atoms with Crippen LogP contribution in [0.1, 0.15) is 46.8 Å². The van der Waals surface area contributed by atoms with E-state index in [4.69, 9.17) is 0 Å². The number of nitrogens with zero attached hydrogens (tertiary/aromatic N) is 4. The van der Waals surface area contributed by atoms with Crippen molar-refractivity contribution in [2.45, 2.75) is 32.7 Å². The molecule has 0 radical (unpaired) electrons. The molecule has 1 aliphatic heterocycles. The highest BCUT2D eigenvalue weighted by molar-refractivity contribution is 7.18. The van der Waals surface area contributed by atoms with E-state index in [1.807, 2.05) is 18.2 Å². The molecule has 200 valence electrons. The Morgan fingerprint density at radius 3 is 2.54 bits per heavy atom. The van der Waals surface area contributed by atoms with Crippen LogP contribution in [-0.2, 0) is 0 Å². The summed E-state index contributed by atoms with van der Waals surface area (Å²) in [6.07, 6.45) is 7.92. The second-order valence-corrected chi connectivity index (χ2v) is 11.2. The zero-order valence-corrected chi connectivity index (χ0v) is 23.3. The van der Waals surface area contributed by atoms with Gasteiger partial charge in [0.15, 0.2) is 5.82 Å². The first kappa shape index (κ1) is 25.5. The van der Waals surface area contributed by atoms with E-state index in [1.54, 1.807) is 17.7 Å². The maximum Gasteiger partial charge on any atom is 0.251 e. The van der Waals surface area contributed by atoms with Crippen molar-refractivity contribution in [2.24, 2.45) is 0 Å². The molecule has 3 heterocycles. The third-order valence-corrected chi connectivity index (χ3v) is 8.59. The predicted molar refractivity (Wildman–Crippen MR) is 162 cm³/mol. The third-order valence-electron chi connectivity index (χ3n) is 7.59. The molecule has 39 heavy (non-hydrogen) atoms. The summed E-state index contributed by atoms with van der Waals surface area (Å²) in [5.41, 5.74) is 7.08. The average molecular weight is 539 g/mol. The summed E-state index contributed by atoms with van der Waals surface area (Å²) in [7, 11) is 0. The number of carbonyl (C=O) groups is 1. The van der Waals surface area contributed by atoms with Gasteiger partial charge in [0.2, 0.25) is 0 Å². The molecule has 1 saturated heterocycles. The van der Waals surface area contributed by atoms with Crippen LogP contribution in [0.4, 0.5) is 17.2 Å². The summed E-state index contributed by atoms with van der Waals surface area (Å²) in [5, 5.41) is 8.68. The van der Waals surface area contributed by atoms with Gasteiger partial charge in [-0.1, -0.05) is 25.1 Å². The molecule has 2 aromatic heterocycles. The Bertz CT molecular complexity index is 1500. The minimum Gasteiger partial charge on any atom is -0.369 e. The molecule has 1 saturated carbocycles. The highest BCUT2D eigenvalue weighted by Gasteiger charge is 2.24. The fourth-order valence-electron chi connectivity index (χ4n) is 4.93. The Kier molecular flexibility index (Phi) is 7.30. The van der Waals surface area contributed by atoms with E-state index in [9.17, 15) is 4.79 Å². The molecule has 6 rings (SSSR count). The molecule has 8 heteroatoms. The molecule has 2 N–H and O–H groups in total. The van der Waals surface area contributed by atoms with Crippen LogP contribution in [0.15, 0.2) is 54.2 Å². The molecule has 0 bridgehead atoms. The summed E-state index contributed by atoms with van der Waals surface area (Å²) in [6.45, 7) is 9.78. The number of amides is 1. The maximum absolute atomic E-state index is 12.5. The molecule has 4 aromatic rings. The minimum atomic E-state index is 0.00342. The smallest absolute Gasteiger partial charge is 0.251 e. The van der Waals surface area contributed by atoms with Crippen LogP contribution < -0.4 is 15.5 Å². The fourth-order valence-corrected chi connectivity index (χ4v) is 5.86. The number of fused-ring (bicyclic) bond motifs is 1. The molecule has 0 spiro atoms. The number of piperazine rings is 1. The number of thiophene rings is 1. The van der Waals surface area contributed by atoms with Crippen molar-refractivity contribution in [3.63, 3.8) is 0 Å². The second-order valence-electron chi connectivity index (χ2n) is 10.3. The Hall–Kier alpha value is -3.75. The van der Waals surface area contributed by atoms with Gasteiger partial charge >= 0.3 is 0 Å². The Morgan fingerprint density at radius 2 is 1.79 bits per heavy atom. The fraction of sp³-hybridized carbons (Fsp3) is 0.323. The number of likely N-dealkylation sites (N-methyl/N-ethyl adjacent to an activating group) is 1. The number of benzene rings is 2. The summed E-state index contributed by atoms with van der Waals surface area (Å²) in [4.78, 5) is 26.6. The van der Waals surface area contributed by atoms with Crippen molar-refractivity contribution in [3.05, 3.63) is 76.4 Å². The van der Waals surface area contributed by atoms with Crippen molar-refractivity contribution in [2.75, 3.05) is 42.9 Å². The van der Waals surface area contributed by atoms with Gasteiger partial charge < -0.3 is 20.4 Å². The van der Waals surface area contributed by atoms with Gasteiger partial charge in [-0.25, -0.2) is 9.97 Å². The summed E-state index contributed by atoms with van der Waals surface area (Å²) < 4.78 is 1.02. The van der Waals surface area contributed by atoms with E-state index in [-0.39, 0.29) is 5.91 Å². The zero-order chi connectivity index (χ0) is 26.8. The van der Waals surface area contributed by atoms with Gasteiger partial charge in [0, 0.05) is 60.1 Å². The zero-order valence-electron chi connectivity index (χ0n) is 22.5. The lowest BCUT2D eigenvalue weighted by atomic mass is 10.0. The van der Waals surface area contributed by atoms with Crippen molar-refractivity contribution in [1.82, 2.24) is 20.2 Å². The monoisotopic (exact) mass is 538 g/mol. The Morgan fingerprint density at radius 1 is 1.03 bits per heavy atom. The number of anilines is 3. The van der Waals surface area contributed by atoms with Gasteiger partial charge in [0.05, 0.1) is 10.2 Å². The Balaban J connectivity index is 1.17. The van der Waals surface area contributed by atoms with E-state index >= 15 is 0 Å². The number of rotatable bonds is 8. The van der Waals surface area contributed by atoms with E-state index in [2.05, 4.69) is 86.0 Å².